The summed E-state index contributed by atoms with van der Waals surface area (Å²) in [5, 5.41) is 9.15. The van der Waals surface area contributed by atoms with Crippen LogP contribution in [0.2, 0.25) is 0 Å². The summed E-state index contributed by atoms with van der Waals surface area (Å²) in [6, 6.07) is 3.78. The molecule has 4 nitrogen and oxygen atoms in total. The van der Waals surface area contributed by atoms with Crippen molar-refractivity contribution >= 4 is 5.91 Å². The maximum atomic E-state index is 12.5. The molecule has 1 atom stereocenters. The summed E-state index contributed by atoms with van der Waals surface area (Å²) in [6.07, 6.45) is -1.03. The lowest BCUT2D eigenvalue weighted by atomic mass is 10.0. The van der Waals surface area contributed by atoms with E-state index in [0.29, 0.717) is 19.3 Å². The zero-order chi connectivity index (χ0) is 15.5. The van der Waals surface area contributed by atoms with Gasteiger partial charge in [-0.2, -0.15) is 18.4 Å². The second-order valence-corrected chi connectivity index (χ2v) is 4.92. The smallest absolute Gasteiger partial charge is 0.341 e. The molecule has 0 spiro atoms. The minimum Gasteiger partial charge on any atom is -0.341 e. The first-order chi connectivity index (χ1) is 9.93. The minimum atomic E-state index is -4.48. The summed E-state index contributed by atoms with van der Waals surface area (Å²) in [7, 11) is 0. The highest BCUT2D eigenvalue weighted by atomic mass is 19.4. The van der Waals surface area contributed by atoms with E-state index >= 15 is 0 Å². The number of pyridine rings is 1. The molecule has 0 aliphatic carbocycles. The van der Waals surface area contributed by atoms with E-state index in [1.165, 1.54) is 0 Å². The largest absolute Gasteiger partial charge is 0.417 e. The molecule has 0 aromatic carbocycles. The van der Waals surface area contributed by atoms with Crippen LogP contribution in [-0.4, -0.2) is 28.9 Å². The van der Waals surface area contributed by atoms with Crippen molar-refractivity contribution in [1.29, 1.82) is 5.26 Å². The lowest BCUT2D eigenvalue weighted by Crippen LogP contribution is -2.38. The molecule has 21 heavy (non-hydrogen) atoms. The maximum Gasteiger partial charge on any atom is 0.417 e. The van der Waals surface area contributed by atoms with Crippen LogP contribution in [0.15, 0.2) is 18.3 Å². The summed E-state index contributed by atoms with van der Waals surface area (Å²) in [4.78, 5) is 17.5. The molecule has 1 aromatic rings. The van der Waals surface area contributed by atoms with Gasteiger partial charge in [-0.15, -0.1) is 0 Å². The summed E-state index contributed by atoms with van der Waals surface area (Å²) in [5.41, 5.74) is -0.838. The molecule has 1 saturated heterocycles. The lowest BCUT2D eigenvalue weighted by Gasteiger charge is -2.28. The number of likely N-dealkylation sites (tertiary alicyclic amines) is 1. The van der Waals surface area contributed by atoms with Crippen molar-refractivity contribution in [1.82, 2.24) is 9.88 Å². The Morgan fingerprint density at radius 1 is 1.29 bits per heavy atom. The maximum absolute atomic E-state index is 12.5. The van der Waals surface area contributed by atoms with Crippen molar-refractivity contribution < 1.29 is 18.0 Å². The minimum absolute atomic E-state index is 0.0565. The van der Waals surface area contributed by atoms with Gasteiger partial charge in [-0.25, -0.2) is 0 Å². The molecule has 1 fully saturated rings. The standard InChI is InChI=1S/C14H14F3N3O/c15-14(16,17)10-4-5-12(19-9-10)11(8-18)13(21)20-6-2-1-3-7-20/h4-5,9,11H,1-3,6-7H2/t11-/m0/s1. The van der Waals surface area contributed by atoms with Crippen LogP contribution in [0.4, 0.5) is 13.2 Å². The molecule has 1 aromatic heterocycles. The fourth-order valence-electron chi connectivity index (χ4n) is 2.29. The fourth-order valence-corrected chi connectivity index (χ4v) is 2.29. The summed E-state index contributed by atoms with van der Waals surface area (Å²) in [5.74, 6) is -1.53. The van der Waals surface area contributed by atoms with E-state index < -0.39 is 17.7 Å². The first kappa shape index (κ1) is 15.3. The Bertz CT molecular complexity index is 542. The number of nitrogens with zero attached hydrogens (tertiary/aromatic N) is 3. The van der Waals surface area contributed by atoms with E-state index in [9.17, 15) is 18.0 Å². The highest BCUT2D eigenvalue weighted by molar-refractivity contribution is 5.86. The molecule has 1 aliphatic heterocycles. The molecule has 2 rings (SSSR count). The highest BCUT2D eigenvalue weighted by Gasteiger charge is 2.32. The molecule has 7 heteroatoms. The second kappa shape index (κ2) is 6.12. The molecule has 0 radical (unpaired) electrons. The number of hydrogen-bond acceptors (Lipinski definition) is 3. The van der Waals surface area contributed by atoms with Crippen molar-refractivity contribution in [3.8, 4) is 6.07 Å². The van der Waals surface area contributed by atoms with E-state index in [0.717, 1.165) is 31.4 Å². The van der Waals surface area contributed by atoms with Gasteiger partial charge >= 0.3 is 6.18 Å². The second-order valence-electron chi connectivity index (χ2n) is 4.92. The molecule has 0 saturated carbocycles. The number of carbonyl (C=O) groups excluding carboxylic acids is 1. The topological polar surface area (TPSA) is 57.0 Å². The van der Waals surface area contributed by atoms with Crippen molar-refractivity contribution in [3.05, 3.63) is 29.6 Å². The number of nitriles is 1. The van der Waals surface area contributed by atoms with Crippen LogP contribution in [0.1, 0.15) is 36.4 Å². The lowest BCUT2D eigenvalue weighted by molar-refractivity contribution is -0.137. The van der Waals surface area contributed by atoms with E-state index in [2.05, 4.69) is 4.98 Å². The third kappa shape index (κ3) is 3.51. The highest BCUT2D eigenvalue weighted by Crippen LogP contribution is 2.29. The molecule has 2 heterocycles. The summed E-state index contributed by atoms with van der Waals surface area (Å²) in [6.45, 7) is 1.16. The Morgan fingerprint density at radius 3 is 2.43 bits per heavy atom. The average Bonchev–Trinajstić information content (AvgIpc) is 2.48. The first-order valence-corrected chi connectivity index (χ1v) is 6.65. The van der Waals surface area contributed by atoms with Crippen molar-refractivity contribution in [2.24, 2.45) is 0 Å². The van der Waals surface area contributed by atoms with Gasteiger partial charge in [0.05, 0.1) is 17.3 Å². The Labute approximate surface area is 120 Å². The number of piperidine rings is 1. The number of halogens is 3. The normalized spacial score (nSPS) is 17.1. The van der Waals surface area contributed by atoms with Gasteiger partial charge in [0, 0.05) is 19.3 Å². The SMILES string of the molecule is N#C[C@H](C(=O)N1CCCCC1)c1ccc(C(F)(F)F)cn1. The molecule has 0 bridgehead atoms. The number of carbonyl (C=O) groups is 1. The monoisotopic (exact) mass is 297 g/mol. The van der Waals surface area contributed by atoms with Gasteiger partial charge in [0.15, 0.2) is 5.92 Å². The van der Waals surface area contributed by atoms with Crippen LogP contribution in [0.5, 0.6) is 0 Å². The zero-order valence-electron chi connectivity index (χ0n) is 11.2. The van der Waals surface area contributed by atoms with Crippen molar-refractivity contribution in [2.75, 3.05) is 13.1 Å². The van der Waals surface area contributed by atoms with Gasteiger partial charge in [0.1, 0.15) is 0 Å². The van der Waals surface area contributed by atoms with Gasteiger partial charge in [-0.1, -0.05) is 0 Å². The number of alkyl halides is 3. The van der Waals surface area contributed by atoms with Crippen LogP contribution in [0, 0.1) is 11.3 Å². The third-order valence-electron chi connectivity index (χ3n) is 3.45. The van der Waals surface area contributed by atoms with Gasteiger partial charge in [-0.05, 0) is 31.4 Å². The van der Waals surface area contributed by atoms with Crippen LogP contribution < -0.4 is 0 Å². The quantitative estimate of drug-likeness (QED) is 0.843. The number of amides is 1. The Kier molecular flexibility index (Phi) is 4.46. The van der Waals surface area contributed by atoms with Crippen LogP contribution >= 0.6 is 0 Å². The van der Waals surface area contributed by atoms with Crippen molar-refractivity contribution in [2.45, 2.75) is 31.4 Å². The molecule has 112 valence electrons. The Morgan fingerprint density at radius 2 is 1.95 bits per heavy atom. The van der Waals surface area contributed by atoms with Crippen LogP contribution in [0.25, 0.3) is 0 Å². The molecule has 1 aliphatic rings. The predicted molar refractivity (Wildman–Crippen MR) is 68.0 cm³/mol. The summed E-state index contributed by atoms with van der Waals surface area (Å²) >= 11 is 0. The van der Waals surface area contributed by atoms with E-state index in [1.807, 2.05) is 6.07 Å². The van der Waals surface area contributed by atoms with Gasteiger partial charge in [0.2, 0.25) is 5.91 Å². The fraction of sp³-hybridized carbons (Fsp3) is 0.500. The van der Waals surface area contributed by atoms with Crippen LogP contribution in [0.3, 0.4) is 0 Å². The van der Waals surface area contributed by atoms with E-state index in [4.69, 9.17) is 5.26 Å². The molecule has 1 amide bonds. The van der Waals surface area contributed by atoms with Crippen molar-refractivity contribution in [3.63, 3.8) is 0 Å². The number of aromatic nitrogens is 1. The van der Waals surface area contributed by atoms with Gasteiger partial charge in [-0.3, -0.25) is 9.78 Å². The molecular formula is C14H14F3N3O. The average molecular weight is 297 g/mol. The van der Waals surface area contributed by atoms with Gasteiger partial charge < -0.3 is 4.90 Å². The molecular weight excluding hydrogens is 283 g/mol. The first-order valence-electron chi connectivity index (χ1n) is 6.65. The van der Waals surface area contributed by atoms with Gasteiger partial charge in [0.25, 0.3) is 0 Å². The summed E-state index contributed by atoms with van der Waals surface area (Å²) < 4.78 is 37.4. The van der Waals surface area contributed by atoms with E-state index in [-0.39, 0.29) is 11.6 Å². The third-order valence-corrected chi connectivity index (χ3v) is 3.45. The number of rotatable bonds is 2. The molecule has 0 N–H and O–H groups in total. The zero-order valence-corrected chi connectivity index (χ0v) is 11.2. The molecule has 0 unspecified atom stereocenters. The van der Waals surface area contributed by atoms with E-state index in [1.54, 1.807) is 4.90 Å². The Hall–Kier alpha value is -2.10. The predicted octanol–water partition coefficient (Wildman–Crippen LogP) is 2.72. The van der Waals surface area contributed by atoms with Crippen LogP contribution in [-0.2, 0) is 11.0 Å². The Balaban J connectivity index is 2.17. The number of hydrogen-bond donors (Lipinski definition) is 0.